The molecule has 0 aliphatic rings. The van der Waals surface area contributed by atoms with Gasteiger partial charge in [0.2, 0.25) is 5.89 Å². The summed E-state index contributed by atoms with van der Waals surface area (Å²) in [6, 6.07) is 13.6. The van der Waals surface area contributed by atoms with Crippen LogP contribution >= 0.6 is 0 Å². The van der Waals surface area contributed by atoms with Gasteiger partial charge in [0.1, 0.15) is 17.0 Å². The first-order chi connectivity index (χ1) is 13.7. The summed E-state index contributed by atoms with van der Waals surface area (Å²) in [6.07, 6.45) is 1.91. The van der Waals surface area contributed by atoms with Crippen molar-refractivity contribution in [3.63, 3.8) is 0 Å². The van der Waals surface area contributed by atoms with Crippen LogP contribution < -0.4 is 14.8 Å². The summed E-state index contributed by atoms with van der Waals surface area (Å²) in [5.41, 5.74) is 2.38. The first-order valence-corrected chi connectivity index (χ1v) is 9.72. The predicted octanol–water partition coefficient (Wildman–Crippen LogP) is 3.81. The predicted molar refractivity (Wildman–Crippen MR) is 112 cm³/mol. The van der Waals surface area contributed by atoms with Crippen molar-refractivity contribution in [3.8, 4) is 23.0 Å². The molecule has 0 amide bonds. The van der Waals surface area contributed by atoms with Gasteiger partial charge in [0.25, 0.3) is 0 Å². The molecule has 0 radical (unpaired) electrons. The molecule has 0 aliphatic heterocycles. The van der Waals surface area contributed by atoms with Crippen LogP contribution in [0.4, 0.5) is 0 Å². The summed E-state index contributed by atoms with van der Waals surface area (Å²) >= 11 is 0. The third-order valence-electron chi connectivity index (χ3n) is 4.32. The number of rotatable bonds is 11. The van der Waals surface area contributed by atoms with Gasteiger partial charge >= 0.3 is 0 Å². The molecular weight excluding hydrogens is 354 g/mol. The monoisotopic (exact) mass is 383 g/mol. The number of fused-ring (bicyclic) bond motifs is 1. The van der Waals surface area contributed by atoms with Gasteiger partial charge in [-0.05, 0) is 64.8 Å². The summed E-state index contributed by atoms with van der Waals surface area (Å²) in [7, 11) is 6.06. The van der Waals surface area contributed by atoms with Crippen LogP contribution in [0.25, 0.3) is 22.6 Å². The van der Waals surface area contributed by atoms with Crippen LogP contribution in [0.2, 0.25) is 0 Å². The lowest BCUT2D eigenvalue weighted by Crippen LogP contribution is -2.15. The Morgan fingerprint density at radius 1 is 1.04 bits per heavy atom. The molecule has 28 heavy (non-hydrogen) atoms. The van der Waals surface area contributed by atoms with Crippen LogP contribution in [0.15, 0.2) is 46.9 Å². The fourth-order valence-electron chi connectivity index (χ4n) is 2.88. The Bertz CT molecular complexity index is 876. The van der Waals surface area contributed by atoms with Gasteiger partial charge in [0.05, 0.1) is 18.8 Å². The maximum atomic E-state index is 6.02. The maximum absolute atomic E-state index is 6.02. The molecule has 0 unspecified atom stereocenters. The summed E-state index contributed by atoms with van der Waals surface area (Å²) in [6.45, 7) is 3.24. The fourth-order valence-corrected chi connectivity index (χ4v) is 2.88. The summed E-state index contributed by atoms with van der Waals surface area (Å²) in [4.78, 5) is 6.78. The molecule has 0 saturated carbocycles. The van der Waals surface area contributed by atoms with Crippen LogP contribution in [0.1, 0.15) is 12.8 Å². The third kappa shape index (κ3) is 5.47. The molecule has 0 bridgehead atoms. The van der Waals surface area contributed by atoms with Gasteiger partial charge in [0, 0.05) is 12.6 Å². The molecule has 0 fully saturated rings. The largest absolute Gasteiger partial charge is 0.493 e. The average molecular weight is 383 g/mol. The Hall–Kier alpha value is -2.57. The van der Waals surface area contributed by atoms with E-state index in [1.807, 2.05) is 49.5 Å². The van der Waals surface area contributed by atoms with Gasteiger partial charge in [-0.25, -0.2) is 4.98 Å². The van der Waals surface area contributed by atoms with Crippen LogP contribution in [0.5, 0.6) is 11.5 Å². The molecule has 0 saturated heterocycles. The van der Waals surface area contributed by atoms with Gasteiger partial charge in [-0.1, -0.05) is 12.1 Å². The van der Waals surface area contributed by atoms with E-state index in [-0.39, 0.29) is 0 Å². The fraction of sp³-hybridized carbons (Fsp3) is 0.409. The zero-order valence-corrected chi connectivity index (χ0v) is 16.9. The minimum absolute atomic E-state index is 0.561. The second-order valence-electron chi connectivity index (χ2n) is 6.96. The lowest BCUT2D eigenvalue weighted by molar-refractivity contribution is 0.282. The van der Waals surface area contributed by atoms with Gasteiger partial charge in [-0.3, -0.25) is 0 Å². The zero-order chi connectivity index (χ0) is 19.8. The number of ether oxygens (including phenoxy) is 2. The minimum Gasteiger partial charge on any atom is -0.493 e. The Labute approximate surface area is 166 Å². The number of oxazole rings is 1. The molecule has 1 N–H and O–H groups in total. The first-order valence-electron chi connectivity index (χ1n) is 9.72. The number of aromatic nitrogens is 1. The highest BCUT2D eigenvalue weighted by Gasteiger charge is 2.14. The molecule has 2 aromatic carbocycles. The van der Waals surface area contributed by atoms with Crippen molar-refractivity contribution in [2.75, 3.05) is 47.4 Å². The number of hydrogen-bond acceptors (Lipinski definition) is 6. The summed E-state index contributed by atoms with van der Waals surface area (Å²) in [5.74, 6) is 2.14. The average Bonchev–Trinajstić information content (AvgIpc) is 3.12. The van der Waals surface area contributed by atoms with Crippen molar-refractivity contribution in [1.82, 2.24) is 15.2 Å². The van der Waals surface area contributed by atoms with E-state index in [1.54, 1.807) is 0 Å². The van der Waals surface area contributed by atoms with Crippen LogP contribution in [0.3, 0.4) is 0 Å². The number of nitrogens with zero attached hydrogens (tertiary/aromatic N) is 2. The van der Waals surface area contributed by atoms with E-state index in [0.717, 1.165) is 48.5 Å². The SMILES string of the molecule is CNCCCOc1ccc2nc(-c3ccccc3OCCCN(C)C)oc2c1. The molecule has 150 valence electrons. The Kier molecular flexibility index (Phi) is 7.28. The topological polar surface area (TPSA) is 59.8 Å². The second-order valence-corrected chi connectivity index (χ2v) is 6.96. The van der Waals surface area contributed by atoms with E-state index in [1.165, 1.54) is 0 Å². The smallest absolute Gasteiger partial charge is 0.231 e. The van der Waals surface area contributed by atoms with Crippen molar-refractivity contribution in [2.45, 2.75) is 12.8 Å². The Morgan fingerprint density at radius 2 is 1.86 bits per heavy atom. The molecule has 6 nitrogen and oxygen atoms in total. The number of hydrogen-bond donors (Lipinski definition) is 1. The highest BCUT2D eigenvalue weighted by atomic mass is 16.5. The molecule has 6 heteroatoms. The molecule has 0 spiro atoms. The van der Waals surface area contributed by atoms with Crippen molar-refractivity contribution in [2.24, 2.45) is 0 Å². The van der Waals surface area contributed by atoms with E-state index in [4.69, 9.17) is 13.9 Å². The highest BCUT2D eigenvalue weighted by molar-refractivity contribution is 5.78. The van der Waals surface area contributed by atoms with Gasteiger partial charge in [-0.15, -0.1) is 0 Å². The van der Waals surface area contributed by atoms with Crippen LogP contribution in [0, 0.1) is 0 Å². The normalized spacial score (nSPS) is 11.3. The van der Waals surface area contributed by atoms with E-state index in [0.29, 0.717) is 24.7 Å². The quantitative estimate of drug-likeness (QED) is 0.508. The van der Waals surface area contributed by atoms with E-state index < -0.39 is 0 Å². The second kappa shape index (κ2) is 10.1. The molecule has 1 heterocycles. The van der Waals surface area contributed by atoms with Gasteiger partial charge in [-0.2, -0.15) is 0 Å². The summed E-state index contributed by atoms with van der Waals surface area (Å²) < 4.78 is 17.8. The van der Waals surface area contributed by atoms with Crippen molar-refractivity contribution in [1.29, 1.82) is 0 Å². The first kappa shape index (κ1) is 20.2. The lowest BCUT2D eigenvalue weighted by atomic mass is 10.2. The van der Waals surface area contributed by atoms with Gasteiger partial charge < -0.3 is 24.1 Å². The van der Waals surface area contributed by atoms with Crippen LogP contribution in [-0.2, 0) is 0 Å². The molecule has 0 aliphatic carbocycles. The van der Waals surface area contributed by atoms with E-state index in [9.17, 15) is 0 Å². The van der Waals surface area contributed by atoms with Crippen molar-refractivity contribution < 1.29 is 13.9 Å². The standard InChI is InChI=1S/C22H29N3O3/c1-23-12-6-14-26-17-10-11-19-21(16-17)28-22(24-19)18-8-4-5-9-20(18)27-15-7-13-25(2)3/h4-5,8-11,16,23H,6-7,12-15H2,1-3H3. The molecular formula is C22H29N3O3. The van der Waals surface area contributed by atoms with Crippen molar-refractivity contribution >= 4 is 11.1 Å². The van der Waals surface area contributed by atoms with Crippen LogP contribution in [-0.4, -0.2) is 57.3 Å². The molecule has 0 atom stereocenters. The lowest BCUT2D eigenvalue weighted by Gasteiger charge is -2.12. The van der Waals surface area contributed by atoms with E-state index in [2.05, 4.69) is 29.3 Å². The van der Waals surface area contributed by atoms with Crippen molar-refractivity contribution in [3.05, 3.63) is 42.5 Å². The number of para-hydroxylation sites is 1. The highest BCUT2D eigenvalue weighted by Crippen LogP contribution is 2.32. The third-order valence-corrected chi connectivity index (χ3v) is 4.32. The van der Waals surface area contributed by atoms with Gasteiger partial charge in [0.15, 0.2) is 5.58 Å². The number of benzene rings is 2. The zero-order valence-electron chi connectivity index (χ0n) is 16.9. The Morgan fingerprint density at radius 3 is 2.68 bits per heavy atom. The molecule has 3 rings (SSSR count). The molecule has 3 aromatic rings. The number of nitrogens with one attached hydrogen (secondary N) is 1. The molecule has 1 aromatic heterocycles. The van der Waals surface area contributed by atoms with E-state index >= 15 is 0 Å². The minimum atomic E-state index is 0.561. The summed E-state index contributed by atoms with van der Waals surface area (Å²) in [5, 5.41) is 3.11. The Balaban J connectivity index is 1.72. The maximum Gasteiger partial charge on any atom is 0.231 e.